The van der Waals surface area contributed by atoms with Crippen molar-refractivity contribution in [2.75, 3.05) is 0 Å². The maximum Gasteiger partial charge on any atom is 0.0725 e. The van der Waals surface area contributed by atoms with Crippen LogP contribution in [0.2, 0.25) is 0 Å². The summed E-state index contributed by atoms with van der Waals surface area (Å²) < 4.78 is 2.48. The fourth-order valence-corrected chi connectivity index (χ4v) is 16.0. The fraction of sp³-hybridized carbons (Fsp3) is 0.0250. The van der Waals surface area contributed by atoms with Gasteiger partial charge in [0.15, 0.2) is 0 Å². The first-order chi connectivity index (χ1) is 40.6. The highest BCUT2D eigenvalue weighted by Gasteiger charge is 2.53. The van der Waals surface area contributed by atoms with E-state index in [2.05, 4.69) is 295 Å². The first-order valence-corrected chi connectivity index (χ1v) is 28.7. The first-order valence-electron chi connectivity index (χ1n) is 28.7. The van der Waals surface area contributed by atoms with E-state index in [1.807, 2.05) is 0 Å². The van der Waals surface area contributed by atoms with Gasteiger partial charge in [0.1, 0.15) is 0 Å². The Kier molecular flexibility index (Phi) is 8.69. The molecule has 2 aromatic heterocycles. The van der Waals surface area contributed by atoms with Crippen LogP contribution >= 0.6 is 0 Å². The molecule has 0 atom stereocenters. The zero-order chi connectivity index (χ0) is 53.4. The van der Waals surface area contributed by atoms with E-state index in [1.165, 1.54) is 155 Å². The van der Waals surface area contributed by atoms with Crippen molar-refractivity contribution in [3.05, 3.63) is 330 Å². The van der Waals surface area contributed by atoms with E-state index in [4.69, 9.17) is 0 Å². The molecule has 0 fully saturated rings. The quantitative estimate of drug-likeness (QED) is 0.181. The topological polar surface area (TPSA) is 20.7 Å². The summed E-state index contributed by atoms with van der Waals surface area (Å²) in [5.74, 6) is 0. The first kappa shape index (κ1) is 44.3. The molecule has 378 valence electrons. The van der Waals surface area contributed by atoms with Crippen molar-refractivity contribution in [3.63, 3.8) is 0 Å². The van der Waals surface area contributed by atoms with Gasteiger partial charge in [-0.2, -0.15) is 0 Å². The number of para-hydroxylation sites is 1. The van der Waals surface area contributed by atoms with E-state index in [1.54, 1.807) is 0 Å². The highest BCUT2D eigenvalue weighted by Crippen LogP contribution is 2.65. The molecule has 2 nitrogen and oxygen atoms in total. The van der Waals surface area contributed by atoms with Crippen LogP contribution in [0.3, 0.4) is 0 Å². The molecule has 15 aromatic rings. The van der Waals surface area contributed by atoms with Gasteiger partial charge in [-0.15, -0.1) is 0 Å². The van der Waals surface area contributed by atoms with Gasteiger partial charge in [-0.25, -0.2) is 0 Å². The molecule has 2 heteroatoms. The number of benzene rings is 13. The molecule has 4 aliphatic rings. The Balaban J connectivity index is 0.805. The lowest BCUT2D eigenvalue weighted by Gasteiger charge is -2.30. The smallest absolute Gasteiger partial charge is 0.0725 e. The van der Waals surface area contributed by atoms with Crippen LogP contribution in [0, 0.1) is 0 Å². The van der Waals surface area contributed by atoms with Crippen LogP contribution in [0.15, 0.2) is 285 Å². The van der Waals surface area contributed by atoms with Gasteiger partial charge in [-0.3, -0.25) is 0 Å². The number of rotatable bonds is 4. The lowest BCUT2D eigenvalue weighted by atomic mass is 9.70. The molecule has 2 spiro atoms. The average molecular weight is 1040 g/mol. The Morgan fingerprint density at radius 1 is 0.220 bits per heavy atom. The van der Waals surface area contributed by atoms with Crippen molar-refractivity contribution in [1.29, 1.82) is 0 Å². The molecule has 0 amide bonds. The highest BCUT2D eigenvalue weighted by atomic mass is 15.0. The molecular weight excluding hydrogens is 989 g/mol. The van der Waals surface area contributed by atoms with E-state index in [0.717, 1.165) is 16.7 Å². The second-order valence-electron chi connectivity index (χ2n) is 23.1. The zero-order valence-corrected chi connectivity index (χ0v) is 44.6. The van der Waals surface area contributed by atoms with Gasteiger partial charge < -0.3 is 9.55 Å². The standard InChI is InChI=1S/C80H48N2/c1-8-22-67-55(15-1)56-16-2-9-23-68(56)79(67)71-26-12-5-19-59(71)61-38-31-52(46-73(61)79)50-34-41-77-65(44-50)66-45-51(35-42-78(66)82(77)54-36-29-48(30-37-54)49-33-40-76-64(43-49)63-21-7-14-28-75(63)81-76)53-32-39-62-60-20-6-13-27-72(60)80(74(62)47-53)69-24-10-3-17-57(69)58-18-4-11-25-70(58)80/h1-47,81H. The number of aromatic nitrogens is 2. The molecule has 13 aromatic carbocycles. The fourth-order valence-electron chi connectivity index (χ4n) is 16.0. The Morgan fingerprint density at radius 3 is 0.988 bits per heavy atom. The number of fused-ring (bicyclic) bond motifs is 26. The minimum Gasteiger partial charge on any atom is -0.355 e. The van der Waals surface area contributed by atoms with E-state index in [0.29, 0.717) is 0 Å². The molecule has 0 radical (unpaired) electrons. The molecule has 2 heterocycles. The Hall–Kier alpha value is -10.5. The molecule has 19 rings (SSSR count). The van der Waals surface area contributed by atoms with E-state index in [-0.39, 0.29) is 0 Å². The van der Waals surface area contributed by atoms with Crippen LogP contribution in [-0.4, -0.2) is 9.55 Å². The Bertz CT molecular complexity index is 4920. The Morgan fingerprint density at radius 2 is 0.537 bits per heavy atom. The van der Waals surface area contributed by atoms with Crippen molar-refractivity contribution in [1.82, 2.24) is 9.55 Å². The summed E-state index contributed by atoms with van der Waals surface area (Å²) >= 11 is 0. The summed E-state index contributed by atoms with van der Waals surface area (Å²) in [5.41, 5.74) is 33.5. The summed E-state index contributed by atoms with van der Waals surface area (Å²) in [6, 6.07) is 108. The van der Waals surface area contributed by atoms with Crippen molar-refractivity contribution < 1.29 is 0 Å². The van der Waals surface area contributed by atoms with Crippen LogP contribution in [0.1, 0.15) is 44.5 Å². The molecular formula is C80H48N2. The number of nitrogens with zero attached hydrogens (tertiary/aromatic N) is 1. The summed E-state index contributed by atoms with van der Waals surface area (Å²) in [4.78, 5) is 3.61. The SMILES string of the molecule is c1ccc2c(c1)-c1ccccc1C21c2ccccc2-c2ccc(-c3ccc4c(c3)c3cc(-c5ccc6c(c5)C5(c7ccccc7-c7ccccc75)c5ccccc5-6)ccc3n4-c3ccc(-c4ccc5[nH]c6ccccc6c5c4)cc3)cc21. The molecule has 82 heavy (non-hydrogen) atoms. The molecule has 0 saturated heterocycles. The van der Waals surface area contributed by atoms with Crippen molar-refractivity contribution in [2.45, 2.75) is 10.8 Å². The maximum atomic E-state index is 3.61. The number of H-pyrrole nitrogens is 1. The van der Waals surface area contributed by atoms with Gasteiger partial charge in [0, 0.05) is 38.3 Å². The summed E-state index contributed by atoms with van der Waals surface area (Å²) in [6.45, 7) is 0. The third-order valence-corrected chi connectivity index (χ3v) is 19.4. The highest BCUT2D eigenvalue weighted by molar-refractivity contribution is 6.13. The predicted octanol–water partition coefficient (Wildman–Crippen LogP) is 20.1. The normalized spacial score (nSPS) is 14.0. The van der Waals surface area contributed by atoms with Gasteiger partial charge in [0.05, 0.1) is 21.9 Å². The largest absolute Gasteiger partial charge is 0.355 e. The summed E-state index contributed by atoms with van der Waals surface area (Å²) in [6.07, 6.45) is 0. The summed E-state index contributed by atoms with van der Waals surface area (Å²) in [5, 5.41) is 4.94. The second-order valence-corrected chi connectivity index (χ2v) is 23.1. The monoisotopic (exact) mass is 1040 g/mol. The van der Waals surface area contributed by atoms with E-state index in [9.17, 15) is 0 Å². The molecule has 0 bridgehead atoms. The van der Waals surface area contributed by atoms with Gasteiger partial charge in [0.25, 0.3) is 0 Å². The molecule has 4 aliphatic carbocycles. The zero-order valence-electron chi connectivity index (χ0n) is 44.6. The van der Waals surface area contributed by atoms with Crippen LogP contribution in [0.4, 0.5) is 0 Å². The number of nitrogens with one attached hydrogen (secondary N) is 1. The summed E-state index contributed by atoms with van der Waals surface area (Å²) in [7, 11) is 0. The van der Waals surface area contributed by atoms with Crippen molar-refractivity contribution in [3.8, 4) is 83.6 Å². The maximum absolute atomic E-state index is 3.61. The van der Waals surface area contributed by atoms with Crippen LogP contribution in [-0.2, 0) is 10.8 Å². The van der Waals surface area contributed by atoms with E-state index < -0.39 is 10.8 Å². The minimum atomic E-state index is -0.421. The second kappa shape index (κ2) is 16.1. The average Bonchev–Trinajstić information content (AvgIpc) is 1.75. The van der Waals surface area contributed by atoms with Gasteiger partial charge in [-0.1, -0.05) is 218 Å². The van der Waals surface area contributed by atoms with Crippen LogP contribution < -0.4 is 0 Å². The van der Waals surface area contributed by atoms with Crippen molar-refractivity contribution in [2.24, 2.45) is 0 Å². The van der Waals surface area contributed by atoms with Gasteiger partial charge in [-0.05, 0) is 189 Å². The van der Waals surface area contributed by atoms with Gasteiger partial charge >= 0.3 is 0 Å². The van der Waals surface area contributed by atoms with Gasteiger partial charge in [0.2, 0.25) is 0 Å². The van der Waals surface area contributed by atoms with Crippen LogP contribution in [0.5, 0.6) is 0 Å². The lowest BCUT2D eigenvalue weighted by Crippen LogP contribution is -2.25. The number of hydrogen-bond acceptors (Lipinski definition) is 0. The molecule has 0 saturated carbocycles. The Labute approximate surface area is 474 Å². The third kappa shape index (κ3) is 5.58. The number of aromatic amines is 1. The molecule has 1 N–H and O–H groups in total. The van der Waals surface area contributed by atoms with Crippen molar-refractivity contribution >= 4 is 43.6 Å². The minimum absolute atomic E-state index is 0.421. The third-order valence-electron chi connectivity index (χ3n) is 19.4. The van der Waals surface area contributed by atoms with Crippen LogP contribution in [0.25, 0.3) is 127 Å². The molecule has 0 aliphatic heterocycles. The van der Waals surface area contributed by atoms with E-state index >= 15 is 0 Å². The molecule has 0 unspecified atom stereocenters. The number of hydrogen-bond donors (Lipinski definition) is 1. The lowest BCUT2D eigenvalue weighted by molar-refractivity contribution is 0.794. The predicted molar refractivity (Wildman–Crippen MR) is 339 cm³/mol.